The molecular weight excluding hydrogens is 166 g/mol. The summed E-state index contributed by atoms with van der Waals surface area (Å²) in [4.78, 5) is 10.8. The van der Waals surface area contributed by atoms with Crippen LogP contribution >= 0.6 is 0 Å². The molecule has 0 unspecified atom stereocenters. The molecule has 0 saturated heterocycles. The van der Waals surface area contributed by atoms with E-state index in [4.69, 9.17) is 12.2 Å². The molecule has 0 bridgehead atoms. The van der Waals surface area contributed by atoms with E-state index in [1.54, 1.807) is 24.3 Å². The number of hydrogen-bond acceptors (Lipinski definition) is 2. The summed E-state index contributed by atoms with van der Waals surface area (Å²) in [6.45, 7) is 1.64. The van der Waals surface area contributed by atoms with Crippen LogP contribution in [0.5, 0.6) is 0 Å². The number of benzene rings is 1. The first-order valence-corrected chi connectivity index (χ1v) is 3.89. The average molecular weight is 180 g/mol. The van der Waals surface area contributed by atoms with Gasteiger partial charge < -0.3 is 10.8 Å². The Kier molecular flexibility index (Phi) is 2.02. The van der Waals surface area contributed by atoms with E-state index in [2.05, 4.69) is 0 Å². The summed E-state index contributed by atoms with van der Waals surface area (Å²) in [7, 11) is 0. The summed E-state index contributed by atoms with van der Waals surface area (Å²) in [5.74, 6) is -1.06. The van der Waals surface area contributed by atoms with E-state index in [0.717, 1.165) is 5.56 Å². The molecule has 70 valence electrons. The number of carboxylic acid groups (broad SMARTS) is 1. The maximum Gasteiger partial charge on any atom is 0.328 e. The van der Waals surface area contributed by atoms with Crippen LogP contribution in [0.3, 0.4) is 0 Å². The first-order valence-electron chi connectivity index (χ1n) is 4.60. The molecule has 0 saturated carbocycles. The molecule has 0 spiro atoms. The minimum atomic E-state index is -1.36. The van der Waals surface area contributed by atoms with Crippen molar-refractivity contribution in [2.75, 3.05) is 0 Å². The molecule has 0 fully saturated rings. The molecule has 0 amide bonds. The van der Waals surface area contributed by atoms with Crippen LogP contribution in [0, 0.1) is 6.90 Å². The maximum absolute atomic E-state index is 10.8. The molecule has 0 heterocycles. The van der Waals surface area contributed by atoms with Crippen LogP contribution in [-0.2, 0) is 10.3 Å². The lowest BCUT2D eigenvalue weighted by Crippen LogP contribution is -2.41. The lowest BCUT2D eigenvalue weighted by molar-refractivity contribution is -0.143. The molecule has 0 radical (unpaired) electrons. The summed E-state index contributed by atoms with van der Waals surface area (Å²) >= 11 is 0. The van der Waals surface area contributed by atoms with Gasteiger partial charge in [-0.15, -0.1) is 0 Å². The van der Waals surface area contributed by atoms with Crippen molar-refractivity contribution in [1.29, 1.82) is 0 Å². The first kappa shape index (κ1) is 8.26. The molecule has 0 aromatic heterocycles. The van der Waals surface area contributed by atoms with Crippen LogP contribution < -0.4 is 5.73 Å². The molecule has 13 heavy (non-hydrogen) atoms. The van der Waals surface area contributed by atoms with Gasteiger partial charge in [-0.05, 0) is 19.4 Å². The number of hydrogen-bond donors (Lipinski definition) is 2. The van der Waals surface area contributed by atoms with Crippen molar-refractivity contribution in [2.24, 2.45) is 5.73 Å². The quantitative estimate of drug-likeness (QED) is 0.720. The van der Waals surface area contributed by atoms with Gasteiger partial charge in [0.25, 0.3) is 0 Å². The predicted octanol–water partition coefficient (Wildman–Crippen LogP) is 1.25. The van der Waals surface area contributed by atoms with Crippen LogP contribution in [0.15, 0.2) is 24.3 Å². The fourth-order valence-corrected chi connectivity index (χ4v) is 0.974. The van der Waals surface area contributed by atoms with Crippen molar-refractivity contribution >= 4 is 5.97 Å². The van der Waals surface area contributed by atoms with Gasteiger partial charge in [-0.25, -0.2) is 4.79 Å². The molecule has 1 atom stereocenters. The van der Waals surface area contributed by atoms with Crippen LogP contribution in [-0.4, -0.2) is 11.1 Å². The molecule has 1 rings (SSSR count). The monoisotopic (exact) mass is 180 g/mol. The van der Waals surface area contributed by atoms with E-state index in [1.807, 2.05) is 0 Å². The standard InChI is InChI=1S/C10H13NO2/c1-7-3-5-8(6-4-7)10(2,11)9(12)13/h3-6H,11H2,1-2H3,(H,12,13)/t10-/m1/s1/i1D. The Hall–Kier alpha value is -1.35. The molecule has 3 N–H and O–H groups in total. The summed E-state index contributed by atoms with van der Waals surface area (Å²) in [6.07, 6.45) is 0. The Morgan fingerprint density at radius 1 is 1.54 bits per heavy atom. The zero-order chi connectivity index (χ0) is 10.8. The second-order valence-electron chi connectivity index (χ2n) is 3.20. The van der Waals surface area contributed by atoms with Gasteiger partial charge in [0.1, 0.15) is 5.54 Å². The van der Waals surface area contributed by atoms with Crippen LogP contribution in [0.2, 0.25) is 0 Å². The number of rotatable bonds is 2. The third-order valence-electron chi connectivity index (χ3n) is 2.00. The van der Waals surface area contributed by atoms with Gasteiger partial charge in [-0.2, -0.15) is 0 Å². The number of nitrogens with two attached hydrogens (primary N) is 1. The number of aliphatic carboxylic acids is 1. The Morgan fingerprint density at radius 3 is 2.46 bits per heavy atom. The molecule has 0 aliphatic carbocycles. The van der Waals surface area contributed by atoms with Crippen molar-refractivity contribution in [3.05, 3.63) is 35.4 Å². The van der Waals surface area contributed by atoms with E-state index in [1.165, 1.54) is 6.92 Å². The van der Waals surface area contributed by atoms with Crippen molar-refractivity contribution < 1.29 is 11.3 Å². The number of carbonyl (C=O) groups is 1. The summed E-state index contributed by atoms with van der Waals surface area (Å²) in [6, 6.07) is 6.74. The third kappa shape index (κ3) is 1.87. The Morgan fingerprint density at radius 2 is 2.08 bits per heavy atom. The van der Waals surface area contributed by atoms with Crippen molar-refractivity contribution in [3.8, 4) is 0 Å². The zero-order valence-electron chi connectivity index (χ0n) is 8.45. The molecule has 3 nitrogen and oxygen atoms in total. The van der Waals surface area contributed by atoms with E-state index in [9.17, 15) is 4.79 Å². The molecular formula is C10H13NO2. The lowest BCUT2D eigenvalue weighted by atomic mass is 9.93. The van der Waals surface area contributed by atoms with Gasteiger partial charge in [-0.3, -0.25) is 0 Å². The topological polar surface area (TPSA) is 63.3 Å². The highest BCUT2D eigenvalue weighted by atomic mass is 16.4. The van der Waals surface area contributed by atoms with Gasteiger partial charge >= 0.3 is 5.97 Å². The summed E-state index contributed by atoms with van der Waals surface area (Å²) in [5, 5.41) is 8.86. The zero-order valence-corrected chi connectivity index (χ0v) is 7.45. The lowest BCUT2D eigenvalue weighted by Gasteiger charge is -2.19. The smallest absolute Gasteiger partial charge is 0.328 e. The second kappa shape index (κ2) is 3.18. The third-order valence-corrected chi connectivity index (χ3v) is 2.00. The largest absolute Gasteiger partial charge is 0.480 e. The van der Waals surface area contributed by atoms with Gasteiger partial charge in [0.2, 0.25) is 0 Å². The minimum absolute atomic E-state index is 0.189. The molecule has 0 aliphatic rings. The Bertz CT molecular complexity index is 332. The van der Waals surface area contributed by atoms with Gasteiger partial charge in [0.15, 0.2) is 0 Å². The van der Waals surface area contributed by atoms with Gasteiger partial charge in [-0.1, -0.05) is 29.8 Å². The highest BCUT2D eigenvalue weighted by molar-refractivity contribution is 5.79. The molecule has 1 aromatic rings. The van der Waals surface area contributed by atoms with E-state index in [-0.39, 0.29) is 6.90 Å². The van der Waals surface area contributed by atoms with Crippen LogP contribution in [0.1, 0.15) is 19.4 Å². The average Bonchev–Trinajstić information content (AvgIpc) is 2.17. The van der Waals surface area contributed by atoms with Crippen molar-refractivity contribution in [3.63, 3.8) is 0 Å². The number of carboxylic acids is 1. The Labute approximate surface area is 78.6 Å². The van der Waals surface area contributed by atoms with Gasteiger partial charge in [0, 0.05) is 1.37 Å². The maximum atomic E-state index is 10.8. The molecule has 1 aromatic carbocycles. The number of aryl methyl sites for hydroxylation is 1. The van der Waals surface area contributed by atoms with Crippen LogP contribution in [0.4, 0.5) is 0 Å². The SMILES string of the molecule is [2H]Cc1ccc([C@@](C)(N)C(=O)O)cc1. The van der Waals surface area contributed by atoms with Crippen LogP contribution in [0.25, 0.3) is 0 Å². The Balaban J connectivity index is 3.02. The van der Waals surface area contributed by atoms with Crippen molar-refractivity contribution in [2.45, 2.75) is 19.4 Å². The second-order valence-corrected chi connectivity index (χ2v) is 3.20. The fraction of sp³-hybridized carbons (Fsp3) is 0.300. The predicted molar refractivity (Wildman–Crippen MR) is 50.4 cm³/mol. The highest BCUT2D eigenvalue weighted by Gasteiger charge is 2.29. The van der Waals surface area contributed by atoms with E-state index >= 15 is 0 Å². The molecule has 0 aliphatic heterocycles. The highest BCUT2D eigenvalue weighted by Crippen LogP contribution is 2.18. The minimum Gasteiger partial charge on any atom is -0.480 e. The van der Waals surface area contributed by atoms with Gasteiger partial charge in [0.05, 0.1) is 0 Å². The fourth-order valence-electron chi connectivity index (χ4n) is 0.974. The van der Waals surface area contributed by atoms with E-state index < -0.39 is 11.5 Å². The van der Waals surface area contributed by atoms with E-state index in [0.29, 0.717) is 5.56 Å². The van der Waals surface area contributed by atoms with Crippen molar-refractivity contribution in [1.82, 2.24) is 0 Å². The summed E-state index contributed by atoms with van der Waals surface area (Å²) in [5.41, 5.74) is 5.65. The molecule has 3 heteroatoms. The normalized spacial score (nSPS) is 16.0. The first-order chi connectivity index (χ1) is 6.48. The summed E-state index contributed by atoms with van der Waals surface area (Å²) < 4.78 is 7.11.